The van der Waals surface area contributed by atoms with Gasteiger partial charge in [-0.3, -0.25) is 0 Å². The van der Waals surface area contributed by atoms with Gasteiger partial charge in [-0.05, 0) is 25.1 Å². The lowest BCUT2D eigenvalue weighted by Crippen LogP contribution is -1.90. The minimum atomic E-state index is 0.685. The Morgan fingerprint density at radius 1 is 1.33 bits per heavy atom. The molecule has 0 fully saturated rings. The summed E-state index contributed by atoms with van der Waals surface area (Å²) in [4.78, 5) is 0. The fourth-order valence-electron chi connectivity index (χ4n) is 1.25. The quantitative estimate of drug-likeness (QED) is 0.677. The van der Waals surface area contributed by atoms with Crippen LogP contribution in [0.3, 0.4) is 0 Å². The maximum Gasteiger partial charge on any atom is 0.137 e. The SMILES string of the molecule is CCOc1cccc2occc12. The molecule has 0 aliphatic heterocycles. The number of rotatable bonds is 2. The van der Waals surface area contributed by atoms with Gasteiger partial charge in [0.15, 0.2) is 0 Å². The number of hydrogen-bond acceptors (Lipinski definition) is 2. The highest BCUT2D eigenvalue weighted by Crippen LogP contribution is 2.25. The maximum atomic E-state index is 5.42. The predicted molar refractivity (Wildman–Crippen MR) is 47.4 cm³/mol. The van der Waals surface area contributed by atoms with Gasteiger partial charge in [0.25, 0.3) is 0 Å². The van der Waals surface area contributed by atoms with E-state index < -0.39 is 0 Å². The molecule has 62 valence electrons. The molecule has 2 aromatic rings. The van der Waals surface area contributed by atoms with Crippen LogP contribution in [0, 0.1) is 0 Å². The first-order valence-electron chi connectivity index (χ1n) is 4.01. The number of furan rings is 1. The fraction of sp³-hybridized carbons (Fsp3) is 0.200. The zero-order chi connectivity index (χ0) is 8.39. The van der Waals surface area contributed by atoms with Gasteiger partial charge in [0, 0.05) is 0 Å². The van der Waals surface area contributed by atoms with Gasteiger partial charge >= 0.3 is 0 Å². The van der Waals surface area contributed by atoms with Gasteiger partial charge in [0.1, 0.15) is 11.3 Å². The lowest BCUT2D eigenvalue weighted by atomic mass is 10.2. The number of hydrogen-bond donors (Lipinski definition) is 0. The van der Waals surface area contributed by atoms with Crippen LogP contribution in [-0.2, 0) is 0 Å². The van der Waals surface area contributed by atoms with Gasteiger partial charge in [-0.15, -0.1) is 0 Å². The molecule has 12 heavy (non-hydrogen) atoms. The summed E-state index contributed by atoms with van der Waals surface area (Å²) in [6.45, 7) is 2.66. The van der Waals surface area contributed by atoms with E-state index >= 15 is 0 Å². The topological polar surface area (TPSA) is 22.4 Å². The van der Waals surface area contributed by atoms with Crippen molar-refractivity contribution >= 4 is 11.0 Å². The van der Waals surface area contributed by atoms with Crippen LogP contribution in [0.5, 0.6) is 5.75 Å². The number of ether oxygens (including phenoxy) is 1. The highest BCUT2D eigenvalue weighted by molar-refractivity contribution is 5.83. The van der Waals surface area contributed by atoms with Gasteiger partial charge in [-0.2, -0.15) is 0 Å². The minimum Gasteiger partial charge on any atom is -0.493 e. The van der Waals surface area contributed by atoms with Crippen LogP contribution >= 0.6 is 0 Å². The van der Waals surface area contributed by atoms with E-state index in [1.807, 2.05) is 31.2 Å². The summed E-state index contributed by atoms with van der Waals surface area (Å²) in [5.41, 5.74) is 0.876. The molecule has 0 aliphatic carbocycles. The molecule has 0 saturated carbocycles. The van der Waals surface area contributed by atoms with Crippen molar-refractivity contribution in [3.63, 3.8) is 0 Å². The lowest BCUT2D eigenvalue weighted by Gasteiger charge is -2.02. The zero-order valence-corrected chi connectivity index (χ0v) is 6.91. The average Bonchev–Trinajstić information content (AvgIpc) is 2.53. The van der Waals surface area contributed by atoms with Crippen molar-refractivity contribution in [2.24, 2.45) is 0 Å². The van der Waals surface area contributed by atoms with E-state index in [4.69, 9.17) is 9.15 Å². The van der Waals surface area contributed by atoms with Gasteiger partial charge in [0.2, 0.25) is 0 Å². The molecule has 1 aromatic heterocycles. The van der Waals surface area contributed by atoms with Crippen molar-refractivity contribution in [2.75, 3.05) is 6.61 Å². The number of benzene rings is 1. The van der Waals surface area contributed by atoms with Crippen LogP contribution in [0.2, 0.25) is 0 Å². The Morgan fingerprint density at radius 2 is 2.25 bits per heavy atom. The molecule has 2 rings (SSSR count). The maximum absolute atomic E-state index is 5.42. The van der Waals surface area contributed by atoms with E-state index in [-0.39, 0.29) is 0 Å². The third kappa shape index (κ3) is 1.05. The molecule has 2 heteroatoms. The summed E-state index contributed by atoms with van der Waals surface area (Å²) in [6, 6.07) is 7.72. The second kappa shape index (κ2) is 2.89. The summed E-state index contributed by atoms with van der Waals surface area (Å²) < 4.78 is 10.6. The second-order valence-electron chi connectivity index (χ2n) is 2.52. The number of fused-ring (bicyclic) bond motifs is 1. The van der Waals surface area contributed by atoms with Crippen molar-refractivity contribution in [1.29, 1.82) is 0 Å². The first-order chi connectivity index (χ1) is 5.92. The molecule has 1 aromatic carbocycles. The molecular weight excluding hydrogens is 152 g/mol. The molecule has 0 N–H and O–H groups in total. The van der Waals surface area contributed by atoms with E-state index in [0.717, 1.165) is 16.7 Å². The Balaban J connectivity index is 2.57. The van der Waals surface area contributed by atoms with Gasteiger partial charge < -0.3 is 9.15 Å². The molecule has 1 heterocycles. The van der Waals surface area contributed by atoms with Crippen LogP contribution in [0.4, 0.5) is 0 Å². The fourth-order valence-corrected chi connectivity index (χ4v) is 1.25. The standard InChI is InChI=1S/C10H10O2/c1-2-11-9-4-3-5-10-8(9)6-7-12-10/h3-7H,2H2,1H3. The van der Waals surface area contributed by atoms with Crippen molar-refractivity contribution < 1.29 is 9.15 Å². The predicted octanol–water partition coefficient (Wildman–Crippen LogP) is 2.83. The summed E-state index contributed by atoms with van der Waals surface area (Å²) >= 11 is 0. The van der Waals surface area contributed by atoms with Crippen LogP contribution in [-0.4, -0.2) is 6.61 Å². The van der Waals surface area contributed by atoms with Crippen LogP contribution in [0.25, 0.3) is 11.0 Å². The Labute approximate surface area is 70.8 Å². The van der Waals surface area contributed by atoms with Crippen molar-refractivity contribution in [2.45, 2.75) is 6.92 Å². The van der Waals surface area contributed by atoms with E-state index in [0.29, 0.717) is 6.61 Å². The zero-order valence-electron chi connectivity index (χ0n) is 6.91. The largest absolute Gasteiger partial charge is 0.493 e. The van der Waals surface area contributed by atoms with E-state index in [1.165, 1.54) is 0 Å². The normalized spacial score (nSPS) is 10.4. The summed E-state index contributed by atoms with van der Waals surface area (Å²) in [7, 11) is 0. The third-order valence-electron chi connectivity index (χ3n) is 1.76. The summed E-state index contributed by atoms with van der Waals surface area (Å²) in [5.74, 6) is 0.892. The van der Waals surface area contributed by atoms with Gasteiger partial charge in [-0.25, -0.2) is 0 Å². The molecule has 2 nitrogen and oxygen atoms in total. The lowest BCUT2D eigenvalue weighted by molar-refractivity contribution is 0.344. The monoisotopic (exact) mass is 162 g/mol. The molecule has 0 spiro atoms. The molecule has 0 radical (unpaired) electrons. The minimum absolute atomic E-state index is 0.685. The highest BCUT2D eigenvalue weighted by Gasteiger charge is 2.01. The molecule has 0 atom stereocenters. The Bertz CT molecular complexity index is 376. The van der Waals surface area contributed by atoms with Crippen molar-refractivity contribution in [1.82, 2.24) is 0 Å². The van der Waals surface area contributed by atoms with Crippen LogP contribution < -0.4 is 4.74 Å². The van der Waals surface area contributed by atoms with E-state index in [2.05, 4.69) is 0 Å². The van der Waals surface area contributed by atoms with Gasteiger partial charge in [-0.1, -0.05) is 6.07 Å². The summed E-state index contributed by atoms with van der Waals surface area (Å²) in [5, 5.41) is 1.04. The van der Waals surface area contributed by atoms with E-state index in [1.54, 1.807) is 6.26 Å². The van der Waals surface area contributed by atoms with Gasteiger partial charge in [0.05, 0.1) is 18.3 Å². The highest BCUT2D eigenvalue weighted by atomic mass is 16.5. The molecule has 0 bridgehead atoms. The van der Waals surface area contributed by atoms with E-state index in [9.17, 15) is 0 Å². The Morgan fingerprint density at radius 3 is 3.08 bits per heavy atom. The molecular formula is C10H10O2. The smallest absolute Gasteiger partial charge is 0.137 e. The van der Waals surface area contributed by atoms with Crippen LogP contribution in [0.1, 0.15) is 6.92 Å². The van der Waals surface area contributed by atoms with Crippen molar-refractivity contribution in [3.8, 4) is 5.75 Å². The average molecular weight is 162 g/mol. The molecule has 0 unspecified atom stereocenters. The molecule has 0 aliphatic rings. The van der Waals surface area contributed by atoms with Crippen LogP contribution in [0.15, 0.2) is 34.9 Å². The Hall–Kier alpha value is -1.44. The first kappa shape index (κ1) is 7.22. The second-order valence-corrected chi connectivity index (χ2v) is 2.52. The first-order valence-corrected chi connectivity index (χ1v) is 4.01. The summed E-state index contributed by atoms with van der Waals surface area (Å²) in [6.07, 6.45) is 1.67. The third-order valence-corrected chi connectivity index (χ3v) is 1.76. The molecule has 0 amide bonds. The Kier molecular flexibility index (Phi) is 1.74. The molecule has 0 saturated heterocycles. The van der Waals surface area contributed by atoms with Crippen molar-refractivity contribution in [3.05, 3.63) is 30.5 Å².